The molecule has 0 radical (unpaired) electrons. The normalized spacial score (nSPS) is 18.5. The third kappa shape index (κ3) is 4.02. The third-order valence-electron chi connectivity index (χ3n) is 4.74. The van der Waals surface area contributed by atoms with Crippen LogP contribution in [0, 0.1) is 25.7 Å². The van der Waals surface area contributed by atoms with E-state index in [9.17, 15) is 9.59 Å². The standard InChI is InChI=1S/C20H21ClN2O2/c1-12-6-5-9-18(13(12)2)23-20(25)16-10-15(16)19(24)22-11-14-7-3-4-8-17(14)21/h3-9,15-16H,10-11H2,1-2H3,(H,22,24)(H,23,25). The number of carbonyl (C=O) groups excluding carboxylic acids is 2. The average molecular weight is 357 g/mol. The number of halogens is 1. The van der Waals surface area contributed by atoms with Crippen LogP contribution in [-0.2, 0) is 16.1 Å². The lowest BCUT2D eigenvalue weighted by atomic mass is 10.1. The zero-order chi connectivity index (χ0) is 18.0. The molecular formula is C20H21ClN2O2. The van der Waals surface area contributed by atoms with Gasteiger partial charge in [0.2, 0.25) is 11.8 Å². The van der Waals surface area contributed by atoms with Gasteiger partial charge >= 0.3 is 0 Å². The van der Waals surface area contributed by atoms with E-state index in [1.165, 1.54) is 0 Å². The van der Waals surface area contributed by atoms with Crippen LogP contribution in [0.3, 0.4) is 0 Å². The number of benzene rings is 2. The summed E-state index contributed by atoms with van der Waals surface area (Å²) < 4.78 is 0. The minimum Gasteiger partial charge on any atom is -0.352 e. The maximum absolute atomic E-state index is 12.4. The first-order chi connectivity index (χ1) is 12.0. The number of nitrogens with one attached hydrogen (secondary N) is 2. The van der Waals surface area contributed by atoms with Gasteiger partial charge in [-0.05, 0) is 49.1 Å². The van der Waals surface area contributed by atoms with Gasteiger partial charge in [0, 0.05) is 17.3 Å². The molecule has 1 aliphatic carbocycles. The number of hydrogen-bond acceptors (Lipinski definition) is 2. The van der Waals surface area contributed by atoms with Gasteiger partial charge in [0.05, 0.1) is 11.8 Å². The Labute approximate surface area is 152 Å². The maximum Gasteiger partial charge on any atom is 0.228 e. The molecule has 0 saturated heterocycles. The van der Waals surface area contributed by atoms with Gasteiger partial charge in [-0.25, -0.2) is 0 Å². The van der Waals surface area contributed by atoms with E-state index in [0.717, 1.165) is 22.4 Å². The first-order valence-corrected chi connectivity index (χ1v) is 8.73. The van der Waals surface area contributed by atoms with Crippen molar-refractivity contribution in [1.29, 1.82) is 0 Å². The Morgan fingerprint density at radius 3 is 2.52 bits per heavy atom. The fourth-order valence-electron chi connectivity index (χ4n) is 2.84. The summed E-state index contributed by atoms with van der Waals surface area (Å²) in [5, 5.41) is 6.44. The topological polar surface area (TPSA) is 58.2 Å². The average Bonchev–Trinajstić information content (AvgIpc) is 3.39. The molecule has 1 fully saturated rings. The molecule has 1 saturated carbocycles. The van der Waals surface area contributed by atoms with Crippen molar-refractivity contribution in [3.63, 3.8) is 0 Å². The molecule has 3 rings (SSSR count). The quantitative estimate of drug-likeness (QED) is 0.854. The zero-order valence-corrected chi connectivity index (χ0v) is 15.1. The van der Waals surface area contributed by atoms with Crippen molar-refractivity contribution in [2.45, 2.75) is 26.8 Å². The lowest BCUT2D eigenvalue weighted by molar-refractivity contribution is -0.125. The van der Waals surface area contributed by atoms with Crippen LogP contribution >= 0.6 is 11.6 Å². The van der Waals surface area contributed by atoms with Crippen molar-refractivity contribution < 1.29 is 9.59 Å². The molecule has 4 nitrogen and oxygen atoms in total. The Hall–Kier alpha value is -2.33. The zero-order valence-electron chi connectivity index (χ0n) is 14.3. The number of carbonyl (C=O) groups is 2. The van der Waals surface area contributed by atoms with E-state index in [1.807, 2.05) is 50.2 Å². The molecule has 2 aromatic rings. The van der Waals surface area contributed by atoms with Crippen LogP contribution < -0.4 is 10.6 Å². The Bertz CT molecular complexity index is 819. The Morgan fingerprint density at radius 2 is 1.76 bits per heavy atom. The second-order valence-corrected chi connectivity index (χ2v) is 6.90. The highest BCUT2D eigenvalue weighted by atomic mass is 35.5. The second kappa shape index (κ2) is 7.28. The molecular weight excluding hydrogens is 336 g/mol. The van der Waals surface area contributed by atoms with Crippen LogP contribution in [-0.4, -0.2) is 11.8 Å². The van der Waals surface area contributed by atoms with Crippen LogP contribution in [0.1, 0.15) is 23.1 Å². The number of hydrogen-bond donors (Lipinski definition) is 2. The number of anilines is 1. The van der Waals surface area contributed by atoms with E-state index < -0.39 is 0 Å². The van der Waals surface area contributed by atoms with E-state index in [4.69, 9.17) is 11.6 Å². The number of rotatable bonds is 5. The predicted molar refractivity (Wildman–Crippen MR) is 99.4 cm³/mol. The smallest absolute Gasteiger partial charge is 0.228 e. The summed E-state index contributed by atoms with van der Waals surface area (Å²) in [5.74, 6) is -0.702. The highest BCUT2D eigenvalue weighted by Crippen LogP contribution is 2.39. The Kier molecular flexibility index (Phi) is 5.09. The van der Waals surface area contributed by atoms with Crippen molar-refractivity contribution in [1.82, 2.24) is 5.32 Å². The van der Waals surface area contributed by atoms with Crippen molar-refractivity contribution in [3.8, 4) is 0 Å². The van der Waals surface area contributed by atoms with Crippen molar-refractivity contribution in [2.75, 3.05) is 5.32 Å². The molecule has 0 spiro atoms. The summed E-state index contributed by atoms with van der Waals surface area (Å²) in [6.07, 6.45) is 0.588. The molecule has 1 aliphatic rings. The monoisotopic (exact) mass is 356 g/mol. The van der Waals surface area contributed by atoms with E-state index in [2.05, 4.69) is 10.6 Å². The molecule has 0 heterocycles. The van der Waals surface area contributed by atoms with Crippen LogP contribution in [0.2, 0.25) is 5.02 Å². The summed E-state index contributed by atoms with van der Waals surface area (Å²) in [5.41, 5.74) is 3.86. The minimum atomic E-state index is -0.258. The highest BCUT2D eigenvalue weighted by Gasteiger charge is 2.48. The first kappa shape index (κ1) is 17.5. The van der Waals surface area contributed by atoms with E-state index in [0.29, 0.717) is 18.0 Å². The van der Waals surface area contributed by atoms with Gasteiger partial charge in [-0.3, -0.25) is 9.59 Å². The largest absolute Gasteiger partial charge is 0.352 e. The van der Waals surface area contributed by atoms with E-state index >= 15 is 0 Å². The van der Waals surface area contributed by atoms with E-state index in [1.54, 1.807) is 6.07 Å². The molecule has 0 aromatic heterocycles. The summed E-state index contributed by atoms with van der Waals surface area (Å²) in [6.45, 7) is 4.36. The van der Waals surface area contributed by atoms with Gasteiger partial charge in [-0.1, -0.05) is 41.9 Å². The van der Waals surface area contributed by atoms with Crippen LogP contribution in [0.15, 0.2) is 42.5 Å². The van der Waals surface area contributed by atoms with Crippen molar-refractivity contribution >= 4 is 29.1 Å². The molecule has 0 aliphatic heterocycles. The lowest BCUT2D eigenvalue weighted by Gasteiger charge is -2.10. The summed E-state index contributed by atoms with van der Waals surface area (Å²) in [4.78, 5) is 24.6. The molecule has 2 amide bonds. The first-order valence-electron chi connectivity index (χ1n) is 8.35. The molecule has 2 atom stereocenters. The molecule has 5 heteroatoms. The Balaban J connectivity index is 1.53. The fourth-order valence-corrected chi connectivity index (χ4v) is 3.04. The summed E-state index contributed by atoms with van der Waals surface area (Å²) in [7, 11) is 0. The summed E-state index contributed by atoms with van der Waals surface area (Å²) in [6, 6.07) is 13.2. The minimum absolute atomic E-state index is 0.0911. The highest BCUT2D eigenvalue weighted by molar-refractivity contribution is 6.31. The number of aryl methyl sites for hydroxylation is 1. The predicted octanol–water partition coefficient (Wildman–Crippen LogP) is 3.85. The van der Waals surface area contributed by atoms with Gasteiger partial charge in [-0.2, -0.15) is 0 Å². The van der Waals surface area contributed by atoms with Gasteiger partial charge in [0.25, 0.3) is 0 Å². The molecule has 0 bridgehead atoms. The molecule has 25 heavy (non-hydrogen) atoms. The second-order valence-electron chi connectivity index (χ2n) is 6.49. The van der Waals surface area contributed by atoms with Crippen LogP contribution in [0.25, 0.3) is 0 Å². The van der Waals surface area contributed by atoms with Crippen LogP contribution in [0.5, 0.6) is 0 Å². The van der Waals surface area contributed by atoms with Gasteiger partial charge in [0.1, 0.15) is 0 Å². The van der Waals surface area contributed by atoms with E-state index in [-0.39, 0.29) is 23.7 Å². The molecule has 130 valence electrons. The molecule has 2 unspecified atom stereocenters. The SMILES string of the molecule is Cc1cccc(NC(=O)C2CC2C(=O)NCc2ccccc2Cl)c1C. The number of amides is 2. The molecule has 2 N–H and O–H groups in total. The maximum atomic E-state index is 12.4. The third-order valence-corrected chi connectivity index (χ3v) is 5.11. The van der Waals surface area contributed by atoms with Gasteiger partial charge < -0.3 is 10.6 Å². The summed E-state index contributed by atoms with van der Waals surface area (Å²) >= 11 is 6.08. The van der Waals surface area contributed by atoms with Crippen molar-refractivity contribution in [3.05, 3.63) is 64.2 Å². The molecule has 2 aromatic carbocycles. The Morgan fingerprint density at radius 1 is 1.04 bits per heavy atom. The van der Waals surface area contributed by atoms with Gasteiger partial charge in [-0.15, -0.1) is 0 Å². The van der Waals surface area contributed by atoms with Gasteiger partial charge in [0.15, 0.2) is 0 Å². The fraction of sp³-hybridized carbons (Fsp3) is 0.300. The lowest BCUT2D eigenvalue weighted by Crippen LogP contribution is -2.27. The van der Waals surface area contributed by atoms with Crippen LogP contribution in [0.4, 0.5) is 5.69 Å². The van der Waals surface area contributed by atoms with Crippen molar-refractivity contribution in [2.24, 2.45) is 11.8 Å².